The summed E-state index contributed by atoms with van der Waals surface area (Å²) in [5, 5.41) is 0. The third-order valence-electron chi connectivity index (χ3n) is 2.64. The van der Waals surface area contributed by atoms with Crippen molar-refractivity contribution in [1.29, 1.82) is 0 Å². The Morgan fingerprint density at radius 1 is 1.31 bits per heavy atom. The van der Waals surface area contributed by atoms with Gasteiger partial charge in [-0.1, -0.05) is 0 Å². The van der Waals surface area contributed by atoms with Crippen molar-refractivity contribution in [1.82, 2.24) is 4.90 Å². The van der Waals surface area contributed by atoms with Gasteiger partial charge in [0.1, 0.15) is 5.84 Å². The summed E-state index contributed by atoms with van der Waals surface area (Å²) in [4.78, 5) is 13.2. The maximum Gasteiger partial charge on any atom is 0.289 e. The van der Waals surface area contributed by atoms with Crippen molar-refractivity contribution < 1.29 is 13.2 Å². The van der Waals surface area contributed by atoms with Crippen molar-refractivity contribution in [3.63, 3.8) is 0 Å². The standard InChI is InChI=1S/C9H13N3O3S/c10-8-6-7(16(14,15)11-8)9(13)12-4-2-1-3-5-12/h6H,1-5H2,(H2,10,11). The van der Waals surface area contributed by atoms with Crippen LogP contribution >= 0.6 is 0 Å². The second-order valence-corrected chi connectivity index (χ2v) is 5.43. The fourth-order valence-electron chi connectivity index (χ4n) is 1.85. The minimum atomic E-state index is -3.85. The number of carbonyl (C=O) groups excluding carboxylic acids is 1. The molecule has 2 aliphatic heterocycles. The molecule has 0 unspecified atom stereocenters. The van der Waals surface area contributed by atoms with E-state index < -0.39 is 15.9 Å². The number of hydrogen-bond acceptors (Lipinski definition) is 4. The van der Waals surface area contributed by atoms with Gasteiger partial charge in [-0.05, 0) is 19.3 Å². The monoisotopic (exact) mass is 243 g/mol. The van der Waals surface area contributed by atoms with Gasteiger partial charge in [-0.3, -0.25) is 4.79 Å². The number of piperidine rings is 1. The molecule has 6 nitrogen and oxygen atoms in total. The average Bonchev–Trinajstić information content (AvgIpc) is 2.52. The van der Waals surface area contributed by atoms with Gasteiger partial charge in [-0.15, -0.1) is 4.40 Å². The van der Waals surface area contributed by atoms with Gasteiger partial charge in [0.05, 0.1) is 0 Å². The van der Waals surface area contributed by atoms with Crippen LogP contribution in [0.2, 0.25) is 0 Å². The minimum absolute atomic E-state index is 0.125. The molecule has 1 amide bonds. The van der Waals surface area contributed by atoms with Crippen LogP contribution in [-0.4, -0.2) is 38.2 Å². The van der Waals surface area contributed by atoms with E-state index in [2.05, 4.69) is 4.40 Å². The molecule has 16 heavy (non-hydrogen) atoms. The summed E-state index contributed by atoms with van der Waals surface area (Å²) >= 11 is 0. The van der Waals surface area contributed by atoms with Gasteiger partial charge in [-0.2, -0.15) is 8.42 Å². The number of nitrogens with zero attached hydrogens (tertiary/aromatic N) is 2. The Kier molecular flexibility index (Phi) is 2.71. The van der Waals surface area contributed by atoms with E-state index in [0.717, 1.165) is 25.3 Å². The summed E-state index contributed by atoms with van der Waals surface area (Å²) in [5.74, 6) is -0.607. The van der Waals surface area contributed by atoms with Crippen molar-refractivity contribution in [3.8, 4) is 0 Å². The molecule has 0 saturated carbocycles. The van der Waals surface area contributed by atoms with E-state index in [1.165, 1.54) is 0 Å². The number of amidine groups is 1. The van der Waals surface area contributed by atoms with E-state index in [4.69, 9.17) is 5.73 Å². The summed E-state index contributed by atoms with van der Waals surface area (Å²) in [6.45, 7) is 1.21. The number of nitrogens with two attached hydrogens (primary N) is 1. The molecule has 0 aromatic carbocycles. The van der Waals surface area contributed by atoms with E-state index in [1.807, 2.05) is 0 Å². The normalized spacial score (nSPS) is 23.9. The lowest BCUT2D eigenvalue weighted by molar-refractivity contribution is -0.127. The molecular weight excluding hydrogens is 230 g/mol. The fourth-order valence-corrected chi connectivity index (χ4v) is 2.90. The zero-order chi connectivity index (χ0) is 11.8. The molecule has 1 saturated heterocycles. The van der Waals surface area contributed by atoms with Crippen LogP contribution in [-0.2, 0) is 14.8 Å². The van der Waals surface area contributed by atoms with Crippen molar-refractivity contribution in [2.45, 2.75) is 19.3 Å². The smallest absolute Gasteiger partial charge is 0.289 e. The van der Waals surface area contributed by atoms with Crippen LogP contribution in [0.4, 0.5) is 0 Å². The van der Waals surface area contributed by atoms with E-state index in [-0.39, 0.29) is 10.7 Å². The number of carbonyl (C=O) groups is 1. The molecule has 0 aliphatic carbocycles. The van der Waals surface area contributed by atoms with Crippen LogP contribution in [0.25, 0.3) is 0 Å². The molecule has 0 bridgehead atoms. The van der Waals surface area contributed by atoms with Crippen molar-refractivity contribution in [2.75, 3.05) is 13.1 Å². The quantitative estimate of drug-likeness (QED) is 0.677. The van der Waals surface area contributed by atoms with Crippen LogP contribution in [0.5, 0.6) is 0 Å². The molecule has 2 aliphatic rings. The third-order valence-corrected chi connectivity index (χ3v) is 3.94. The topological polar surface area (TPSA) is 92.8 Å². The SMILES string of the molecule is NC1=NS(=O)(=O)C(C(=O)N2CCCCC2)=C1. The first-order valence-electron chi connectivity index (χ1n) is 5.12. The molecule has 1 fully saturated rings. The zero-order valence-corrected chi connectivity index (χ0v) is 9.53. The Balaban J connectivity index is 2.21. The van der Waals surface area contributed by atoms with Gasteiger partial charge in [-0.25, -0.2) is 0 Å². The molecule has 0 spiro atoms. The highest BCUT2D eigenvalue weighted by Crippen LogP contribution is 2.20. The summed E-state index contributed by atoms with van der Waals surface area (Å²) in [6, 6.07) is 0. The van der Waals surface area contributed by atoms with E-state index in [9.17, 15) is 13.2 Å². The first-order valence-corrected chi connectivity index (χ1v) is 6.56. The first-order chi connectivity index (χ1) is 7.50. The zero-order valence-electron chi connectivity index (χ0n) is 8.72. The minimum Gasteiger partial charge on any atom is -0.383 e. The number of amides is 1. The van der Waals surface area contributed by atoms with Crippen molar-refractivity contribution >= 4 is 21.8 Å². The van der Waals surface area contributed by atoms with Crippen molar-refractivity contribution in [2.24, 2.45) is 10.1 Å². The Labute approximate surface area is 93.9 Å². The molecule has 7 heteroatoms. The Hall–Kier alpha value is -1.37. The molecule has 0 radical (unpaired) electrons. The van der Waals surface area contributed by atoms with Crippen LogP contribution < -0.4 is 5.73 Å². The Morgan fingerprint density at radius 2 is 1.94 bits per heavy atom. The number of hydrogen-bond donors (Lipinski definition) is 1. The third kappa shape index (κ3) is 1.95. The van der Waals surface area contributed by atoms with Crippen LogP contribution in [0.3, 0.4) is 0 Å². The molecule has 0 atom stereocenters. The van der Waals surface area contributed by atoms with Crippen LogP contribution in [0.1, 0.15) is 19.3 Å². The van der Waals surface area contributed by atoms with E-state index in [1.54, 1.807) is 4.90 Å². The average molecular weight is 243 g/mol. The van der Waals surface area contributed by atoms with Gasteiger partial charge in [0.25, 0.3) is 15.9 Å². The van der Waals surface area contributed by atoms with Crippen LogP contribution in [0.15, 0.2) is 15.4 Å². The first kappa shape index (κ1) is 11.1. The molecule has 0 aromatic rings. The van der Waals surface area contributed by atoms with Gasteiger partial charge in [0.15, 0.2) is 4.91 Å². The predicted octanol–water partition coefficient (Wildman–Crippen LogP) is -0.417. The van der Waals surface area contributed by atoms with Gasteiger partial charge in [0, 0.05) is 19.2 Å². The molecule has 2 rings (SSSR count). The molecule has 88 valence electrons. The highest BCUT2D eigenvalue weighted by molar-refractivity contribution is 7.95. The number of sulfonamides is 1. The number of rotatable bonds is 1. The Bertz CT molecular complexity index is 472. The van der Waals surface area contributed by atoms with Gasteiger partial charge in [0.2, 0.25) is 0 Å². The molecule has 2 N–H and O–H groups in total. The molecule has 0 aromatic heterocycles. The fraction of sp³-hybridized carbons (Fsp3) is 0.556. The molecule has 2 heterocycles. The van der Waals surface area contributed by atoms with Gasteiger partial charge < -0.3 is 10.6 Å². The van der Waals surface area contributed by atoms with Crippen molar-refractivity contribution in [3.05, 3.63) is 11.0 Å². The predicted molar refractivity (Wildman–Crippen MR) is 59.1 cm³/mol. The summed E-state index contributed by atoms with van der Waals surface area (Å²) in [7, 11) is -3.85. The summed E-state index contributed by atoms with van der Waals surface area (Å²) < 4.78 is 26.2. The maximum atomic E-state index is 11.9. The maximum absolute atomic E-state index is 11.9. The largest absolute Gasteiger partial charge is 0.383 e. The lowest BCUT2D eigenvalue weighted by Gasteiger charge is -2.26. The number of likely N-dealkylation sites (tertiary alicyclic amines) is 1. The van der Waals surface area contributed by atoms with Crippen LogP contribution in [0, 0.1) is 0 Å². The second kappa shape index (κ2) is 3.89. The highest BCUT2D eigenvalue weighted by Gasteiger charge is 2.33. The molecular formula is C9H13N3O3S. The lowest BCUT2D eigenvalue weighted by atomic mass is 10.1. The summed E-state index contributed by atoms with van der Waals surface area (Å²) in [6.07, 6.45) is 4.03. The van der Waals surface area contributed by atoms with Gasteiger partial charge >= 0.3 is 0 Å². The lowest BCUT2D eigenvalue weighted by Crippen LogP contribution is -2.37. The summed E-state index contributed by atoms with van der Waals surface area (Å²) in [5.41, 5.74) is 5.29. The van der Waals surface area contributed by atoms with E-state index >= 15 is 0 Å². The highest BCUT2D eigenvalue weighted by atomic mass is 32.2. The second-order valence-electron chi connectivity index (χ2n) is 3.85. The van der Waals surface area contributed by atoms with E-state index in [0.29, 0.717) is 13.1 Å². The Morgan fingerprint density at radius 3 is 2.44 bits per heavy atom.